The first-order valence-electron chi connectivity index (χ1n) is 9.20. The van der Waals surface area contributed by atoms with Crippen molar-refractivity contribution in [3.05, 3.63) is 90.0 Å². The van der Waals surface area contributed by atoms with Crippen molar-refractivity contribution in [3.8, 4) is 0 Å². The highest BCUT2D eigenvalue weighted by Gasteiger charge is 2.33. The van der Waals surface area contributed by atoms with Crippen molar-refractivity contribution >= 4 is 11.7 Å². The van der Waals surface area contributed by atoms with E-state index < -0.39 is 0 Å². The minimum absolute atomic E-state index is 0.185. The molecule has 2 amide bonds. The zero-order valence-corrected chi connectivity index (χ0v) is 15.0. The van der Waals surface area contributed by atoms with Crippen molar-refractivity contribution in [2.45, 2.75) is 32.0 Å². The molecule has 1 fully saturated rings. The van der Waals surface area contributed by atoms with Crippen LogP contribution < -0.4 is 5.32 Å². The summed E-state index contributed by atoms with van der Waals surface area (Å²) in [5.74, 6) is -0.359. The molecule has 0 saturated heterocycles. The van der Waals surface area contributed by atoms with E-state index in [2.05, 4.69) is 22.0 Å². The van der Waals surface area contributed by atoms with Gasteiger partial charge in [-0.3, -0.25) is 0 Å². The number of hydrogen-bond acceptors (Lipinski definition) is 1. The number of nitrogens with zero attached hydrogens (tertiary/aromatic N) is 2. The molecule has 0 spiro atoms. The highest BCUT2D eigenvalue weighted by Crippen LogP contribution is 2.29. The summed E-state index contributed by atoms with van der Waals surface area (Å²) in [6.07, 6.45) is 4.06. The SMILES string of the molecule is O=C(Nc1cccc(F)c1)N(Cc1cccn1Cc1ccccc1)C1CC1. The van der Waals surface area contributed by atoms with Crippen LogP contribution >= 0.6 is 0 Å². The summed E-state index contributed by atoms with van der Waals surface area (Å²) in [5.41, 5.74) is 2.78. The molecular formula is C22H22FN3O. The maximum atomic E-state index is 13.4. The molecule has 1 saturated carbocycles. The third kappa shape index (κ3) is 4.37. The predicted octanol–water partition coefficient (Wildman–Crippen LogP) is 4.87. The second kappa shape index (κ2) is 7.66. The molecule has 0 radical (unpaired) electrons. The molecule has 5 heteroatoms. The third-order valence-corrected chi connectivity index (χ3v) is 4.78. The van der Waals surface area contributed by atoms with Crippen molar-refractivity contribution in [3.63, 3.8) is 0 Å². The quantitative estimate of drug-likeness (QED) is 0.666. The molecule has 3 aromatic rings. The van der Waals surface area contributed by atoms with E-state index in [4.69, 9.17) is 0 Å². The number of anilines is 1. The number of carbonyl (C=O) groups excluding carboxylic acids is 1. The molecule has 27 heavy (non-hydrogen) atoms. The Morgan fingerprint density at radius 2 is 1.89 bits per heavy atom. The molecule has 1 N–H and O–H groups in total. The summed E-state index contributed by atoms with van der Waals surface area (Å²) in [7, 11) is 0. The first-order valence-corrected chi connectivity index (χ1v) is 9.20. The Bertz CT molecular complexity index is 918. The van der Waals surface area contributed by atoms with Crippen LogP contribution in [0.3, 0.4) is 0 Å². The molecule has 1 aromatic heterocycles. The third-order valence-electron chi connectivity index (χ3n) is 4.78. The monoisotopic (exact) mass is 363 g/mol. The van der Waals surface area contributed by atoms with Crippen LogP contribution in [-0.4, -0.2) is 21.5 Å². The minimum atomic E-state index is -0.359. The number of carbonyl (C=O) groups is 1. The van der Waals surface area contributed by atoms with Gasteiger partial charge < -0.3 is 14.8 Å². The lowest BCUT2D eigenvalue weighted by Gasteiger charge is -2.24. The molecule has 1 aliphatic carbocycles. The van der Waals surface area contributed by atoms with Gasteiger partial charge in [0.05, 0.1) is 6.54 Å². The van der Waals surface area contributed by atoms with Crippen LogP contribution in [0.4, 0.5) is 14.9 Å². The summed E-state index contributed by atoms with van der Waals surface area (Å²) in [6, 6.07) is 20.4. The van der Waals surface area contributed by atoms with E-state index >= 15 is 0 Å². The summed E-state index contributed by atoms with van der Waals surface area (Å²) >= 11 is 0. The first kappa shape index (κ1) is 17.3. The fraction of sp³-hybridized carbons (Fsp3) is 0.227. The van der Waals surface area contributed by atoms with E-state index in [9.17, 15) is 9.18 Å². The number of hydrogen-bond donors (Lipinski definition) is 1. The van der Waals surface area contributed by atoms with Crippen molar-refractivity contribution in [2.24, 2.45) is 0 Å². The smallest absolute Gasteiger partial charge is 0.322 e. The number of benzene rings is 2. The van der Waals surface area contributed by atoms with Gasteiger partial charge in [-0.1, -0.05) is 36.4 Å². The van der Waals surface area contributed by atoms with Crippen LogP contribution in [0, 0.1) is 5.82 Å². The Morgan fingerprint density at radius 1 is 1.07 bits per heavy atom. The highest BCUT2D eigenvalue weighted by atomic mass is 19.1. The first-order chi connectivity index (χ1) is 13.2. The average molecular weight is 363 g/mol. The lowest BCUT2D eigenvalue weighted by atomic mass is 10.2. The number of nitrogens with one attached hydrogen (secondary N) is 1. The highest BCUT2D eigenvalue weighted by molar-refractivity contribution is 5.89. The topological polar surface area (TPSA) is 37.3 Å². The van der Waals surface area contributed by atoms with Crippen LogP contribution in [0.2, 0.25) is 0 Å². The van der Waals surface area contributed by atoms with Gasteiger partial charge in [-0.25, -0.2) is 9.18 Å². The van der Waals surface area contributed by atoms with Gasteiger partial charge >= 0.3 is 6.03 Å². The molecule has 4 nitrogen and oxygen atoms in total. The van der Waals surface area contributed by atoms with Gasteiger partial charge in [-0.05, 0) is 48.7 Å². The number of rotatable bonds is 6. The normalized spacial score (nSPS) is 13.4. The summed E-state index contributed by atoms with van der Waals surface area (Å²) in [4.78, 5) is 14.6. The molecule has 138 valence electrons. The van der Waals surface area contributed by atoms with E-state index in [-0.39, 0.29) is 17.9 Å². The van der Waals surface area contributed by atoms with Crippen molar-refractivity contribution in [1.82, 2.24) is 9.47 Å². The Kier molecular flexibility index (Phi) is 4.92. The van der Waals surface area contributed by atoms with Gasteiger partial charge in [0.2, 0.25) is 0 Å². The van der Waals surface area contributed by atoms with Gasteiger partial charge in [0.1, 0.15) is 5.82 Å². The maximum absolute atomic E-state index is 13.4. The predicted molar refractivity (Wildman–Crippen MR) is 104 cm³/mol. The standard InChI is InChI=1S/C22H22FN3O/c23-18-8-4-9-19(14-18)24-22(27)26(20-11-12-20)16-21-10-5-13-25(21)15-17-6-2-1-3-7-17/h1-10,13-14,20H,11-12,15-16H2,(H,24,27). The molecule has 1 aliphatic rings. The Morgan fingerprint density at radius 3 is 2.63 bits per heavy atom. The Balaban J connectivity index is 1.48. The molecule has 0 bridgehead atoms. The van der Waals surface area contributed by atoms with Crippen LogP contribution in [0.25, 0.3) is 0 Å². The van der Waals surface area contributed by atoms with Crippen LogP contribution in [0.15, 0.2) is 72.9 Å². The van der Waals surface area contributed by atoms with E-state index in [1.807, 2.05) is 41.4 Å². The number of urea groups is 1. The van der Waals surface area contributed by atoms with Crippen LogP contribution in [0.1, 0.15) is 24.1 Å². The van der Waals surface area contributed by atoms with Crippen LogP contribution in [0.5, 0.6) is 0 Å². The van der Waals surface area contributed by atoms with Crippen molar-refractivity contribution < 1.29 is 9.18 Å². The van der Waals surface area contributed by atoms with Gasteiger partial charge in [-0.15, -0.1) is 0 Å². The zero-order valence-electron chi connectivity index (χ0n) is 15.0. The zero-order chi connectivity index (χ0) is 18.6. The lowest BCUT2D eigenvalue weighted by molar-refractivity contribution is 0.204. The minimum Gasteiger partial charge on any atom is -0.345 e. The van der Waals surface area contributed by atoms with E-state index in [0.717, 1.165) is 25.1 Å². The van der Waals surface area contributed by atoms with Gasteiger partial charge in [-0.2, -0.15) is 0 Å². The number of aromatic nitrogens is 1. The molecule has 0 aliphatic heterocycles. The largest absolute Gasteiger partial charge is 0.345 e. The molecule has 0 unspecified atom stereocenters. The average Bonchev–Trinajstić information content (AvgIpc) is 3.41. The van der Waals surface area contributed by atoms with E-state index in [0.29, 0.717) is 12.2 Å². The molecule has 1 heterocycles. The van der Waals surface area contributed by atoms with Crippen molar-refractivity contribution in [2.75, 3.05) is 5.32 Å². The number of halogens is 1. The fourth-order valence-corrected chi connectivity index (χ4v) is 3.22. The summed E-state index contributed by atoms with van der Waals surface area (Å²) in [6.45, 7) is 1.30. The van der Waals surface area contributed by atoms with Crippen LogP contribution in [-0.2, 0) is 13.1 Å². The Labute approximate surface area is 158 Å². The summed E-state index contributed by atoms with van der Waals surface area (Å²) in [5, 5.41) is 2.82. The molecule has 4 rings (SSSR count). The lowest BCUT2D eigenvalue weighted by Crippen LogP contribution is -2.36. The second-order valence-electron chi connectivity index (χ2n) is 6.91. The number of amides is 2. The summed E-state index contributed by atoms with van der Waals surface area (Å²) < 4.78 is 15.6. The second-order valence-corrected chi connectivity index (χ2v) is 6.91. The van der Waals surface area contributed by atoms with Gasteiger partial charge in [0.15, 0.2) is 0 Å². The molecule has 0 atom stereocenters. The fourth-order valence-electron chi connectivity index (χ4n) is 3.22. The molecular weight excluding hydrogens is 341 g/mol. The maximum Gasteiger partial charge on any atom is 0.322 e. The van der Waals surface area contributed by atoms with Gasteiger partial charge in [0, 0.05) is 30.2 Å². The van der Waals surface area contributed by atoms with E-state index in [1.165, 1.54) is 17.7 Å². The molecule has 2 aromatic carbocycles. The van der Waals surface area contributed by atoms with Gasteiger partial charge in [0.25, 0.3) is 0 Å². The van der Waals surface area contributed by atoms with Crippen molar-refractivity contribution in [1.29, 1.82) is 0 Å². The Hall–Kier alpha value is -3.08. The van der Waals surface area contributed by atoms with E-state index in [1.54, 1.807) is 12.1 Å².